The number of halogens is 2. The van der Waals surface area contributed by atoms with Crippen molar-refractivity contribution in [1.29, 1.82) is 0 Å². The van der Waals surface area contributed by atoms with Crippen molar-refractivity contribution in [2.24, 2.45) is 0 Å². The number of benzene rings is 1. The Bertz CT molecular complexity index is 473. The standard InChI is InChI=1S/C15H20Cl2N2O/c1-2-14(11-5-6-12(16)13(17)9-11)18-10-15(20)19-7-3-4-8-19/h5-6,9,14,18H,2-4,7-8,10H2,1H3. The van der Waals surface area contributed by atoms with Gasteiger partial charge in [0.25, 0.3) is 0 Å². The lowest BCUT2D eigenvalue weighted by molar-refractivity contribution is -0.129. The largest absolute Gasteiger partial charge is 0.342 e. The van der Waals surface area contributed by atoms with Crippen molar-refractivity contribution in [2.45, 2.75) is 32.2 Å². The van der Waals surface area contributed by atoms with Gasteiger partial charge < -0.3 is 10.2 Å². The van der Waals surface area contributed by atoms with Crippen molar-refractivity contribution >= 4 is 29.1 Å². The summed E-state index contributed by atoms with van der Waals surface area (Å²) in [6.07, 6.45) is 3.14. The molecule has 5 heteroatoms. The van der Waals surface area contributed by atoms with Crippen LogP contribution < -0.4 is 5.32 Å². The molecule has 1 aliphatic heterocycles. The number of amides is 1. The number of hydrogen-bond donors (Lipinski definition) is 1. The van der Waals surface area contributed by atoms with Crippen molar-refractivity contribution in [3.8, 4) is 0 Å². The third-order valence-corrected chi connectivity index (χ3v) is 4.45. The Hall–Kier alpha value is -0.770. The van der Waals surface area contributed by atoms with E-state index >= 15 is 0 Å². The number of likely N-dealkylation sites (tertiary alicyclic amines) is 1. The molecular weight excluding hydrogens is 295 g/mol. The first-order valence-electron chi connectivity index (χ1n) is 7.08. The smallest absolute Gasteiger partial charge is 0.236 e. The van der Waals surface area contributed by atoms with E-state index in [1.807, 2.05) is 17.0 Å². The lowest BCUT2D eigenvalue weighted by Gasteiger charge is -2.20. The molecule has 3 nitrogen and oxygen atoms in total. The summed E-state index contributed by atoms with van der Waals surface area (Å²) in [5.74, 6) is 0.181. The second kappa shape index (κ2) is 7.30. The lowest BCUT2D eigenvalue weighted by atomic mass is 10.0. The highest BCUT2D eigenvalue weighted by Crippen LogP contribution is 2.26. The van der Waals surface area contributed by atoms with Gasteiger partial charge in [0, 0.05) is 19.1 Å². The van der Waals surface area contributed by atoms with Gasteiger partial charge in [0.1, 0.15) is 0 Å². The van der Waals surface area contributed by atoms with Gasteiger partial charge in [-0.1, -0.05) is 36.2 Å². The highest BCUT2D eigenvalue weighted by Gasteiger charge is 2.19. The van der Waals surface area contributed by atoms with Gasteiger partial charge in [-0.05, 0) is 37.0 Å². The number of rotatable bonds is 5. The summed E-state index contributed by atoms with van der Waals surface area (Å²) in [5, 5.41) is 4.42. The molecule has 0 bridgehead atoms. The number of carbonyl (C=O) groups is 1. The molecular formula is C15H20Cl2N2O. The van der Waals surface area contributed by atoms with Gasteiger partial charge in [0.2, 0.25) is 5.91 Å². The molecule has 1 atom stereocenters. The van der Waals surface area contributed by atoms with Gasteiger partial charge in [-0.2, -0.15) is 0 Å². The molecule has 0 radical (unpaired) electrons. The molecule has 0 saturated carbocycles. The molecule has 1 heterocycles. The van der Waals surface area contributed by atoms with E-state index in [-0.39, 0.29) is 11.9 Å². The summed E-state index contributed by atoms with van der Waals surface area (Å²) in [4.78, 5) is 14.0. The van der Waals surface area contributed by atoms with Crippen LogP contribution >= 0.6 is 23.2 Å². The summed E-state index contributed by atoms with van der Waals surface area (Å²) < 4.78 is 0. The number of nitrogens with one attached hydrogen (secondary N) is 1. The van der Waals surface area contributed by atoms with Crippen molar-refractivity contribution in [1.82, 2.24) is 10.2 Å². The molecule has 1 unspecified atom stereocenters. The van der Waals surface area contributed by atoms with Crippen molar-refractivity contribution < 1.29 is 4.79 Å². The lowest BCUT2D eigenvalue weighted by Crippen LogP contribution is -2.37. The number of carbonyl (C=O) groups excluding carboxylic acids is 1. The minimum Gasteiger partial charge on any atom is -0.342 e. The molecule has 1 aliphatic rings. The van der Waals surface area contributed by atoms with E-state index in [0.29, 0.717) is 16.6 Å². The van der Waals surface area contributed by atoms with E-state index in [2.05, 4.69) is 12.2 Å². The van der Waals surface area contributed by atoms with E-state index in [9.17, 15) is 4.79 Å². The van der Waals surface area contributed by atoms with Crippen LogP contribution in [0.1, 0.15) is 37.8 Å². The Morgan fingerprint density at radius 2 is 2.00 bits per heavy atom. The molecule has 0 aromatic heterocycles. The van der Waals surface area contributed by atoms with Crippen molar-refractivity contribution in [3.63, 3.8) is 0 Å². The fraction of sp³-hybridized carbons (Fsp3) is 0.533. The van der Waals surface area contributed by atoms with Crippen molar-refractivity contribution in [3.05, 3.63) is 33.8 Å². The van der Waals surface area contributed by atoms with Crippen LogP contribution in [0, 0.1) is 0 Å². The average Bonchev–Trinajstić information content (AvgIpc) is 2.97. The molecule has 20 heavy (non-hydrogen) atoms. The minimum atomic E-state index is 0.122. The second-order valence-corrected chi connectivity index (χ2v) is 5.92. The van der Waals surface area contributed by atoms with Gasteiger partial charge in [0.15, 0.2) is 0 Å². The molecule has 1 aromatic rings. The maximum Gasteiger partial charge on any atom is 0.236 e. The molecule has 2 rings (SSSR count). The quantitative estimate of drug-likeness (QED) is 0.899. The topological polar surface area (TPSA) is 32.3 Å². The maximum absolute atomic E-state index is 12.0. The van der Waals surface area contributed by atoms with Gasteiger partial charge in [0.05, 0.1) is 16.6 Å². The fourth-order valence-corrected chi connectivity index (χ4v) is 2.82. The first-order valence-corrected chi connectivity index (χ1v) is 7.83. The van der Waals surface area contributed by atoms with Crippen LogP contribution in [0.5, 0.6) is 0 Å². The Morgan fingerprint density at radius 3 is 2.60 bits per heavy atom. The summed E-state index contributed by atoms with van der Waals surface area (Å²) in [5.41, 5.74) is 1.07. The van der Waals surface area contributed by atoms with E-state index < -0.39 is 0 Å². The Morgan fingerprint density at radius 1 is 1.30 bits per heavy atom. The Balaban J connectivity index is 1.94. The number of nitrogens with zero attached hydrogens (tertiary/aromatic N) is 1. The van der Waals surface area contributed by atoms with Crippen LogP contribution in [-0.2, 0) is 4.79 Å². The third-order valence-electron chi connectivity index (χ3n) is 3.71. The van der Waals surface area contributed by atoms with Crippen LogP contribution in [0.25, 0.3) is 0 Å². The van der Waals surface area contributed by atoms with Crippen LogP contribution in [0.4, 0.5) is 0 Å². The molecule has 1 saturated heterocycles. The predicted molar refractivity (Wildman–Crippen MR) is 83.3 cm³/mol. The van der Waals surface area contributed by atoms with E-state index in [1.54, 1.807) is 6.07 Å². The van der Waals surface area contributed by atoms with Crippen LogP contribution in [0.15, 0.2) is 18.2 Å². The first-order chi connectivity index (χ1) is 9.61. The highest BCUT2D eigenvalue weighted by atomic mass is 35.5. The Kier molecular flexibility index (Phi) is 5.70. The monoisotopic (exact) mass is 314 g/mol. The van der Waals surface area contributed by atoms with Crippen LogP contribution in [0.3, 0.4) is 0 Å². The molecule has 1 N–H and O–H groups in total. The maximum atomic E-state index is 12.0. The average molecular weight is 315 g/mol. The van der Waals surface area contributed by atoms with Crippen LogP contribution in [-0.4, -0.2) is 30.4 Å². The molecule has 1 aromatic carbocycles. The van der Waals surface area contributed by atoms with Gasteiger partial charge in [-0.3, -0.25) is 4.79 Å². The van der Waals surface area contributed by atoms with Crippen LogP contribution in [0.2, 0.25) is 10.0 Å². The van der Waals surface area contributed by atoms with Crippen molar-refractivity contribution in [2.75, 3.05) is 19.6 Å². The summed E-state index contributed by atoms with van der Waals surface area (Å²) in [6.45, 7) is 4.24. The SMILES string of the molecule is CCC(NCC(=O)N1CCCC1)c1ccc(Cl)c(Cl)c1. The summed E-state index contributed by atoms with van der Waals surface area (Å²) >= 11 is 12.0. The molecule has 1 amide bonds. The zero-order valence-electron chi connectivity index (χ0n) is 11.7. The molecule has 0 spiro atoms. The second-order valence-electron chi connectivity index (χ2n) is 5.10. The normalized spacial score (nSPS) is 16.4. The van der Waals surface area contributed by atoms with E-state index in [0.717, 1.165) is 37.9 Å². The molecule has 110 valence electrons. The predicted octanol–water partition coefficient (Wildman–Crippen LogP) is 3.66. The zero-order valence-corrected chi connectivity index (χ0v) is 13.2. The van der Waals surface area contributed by atoms with Gasteiger partial charge >= 0.3 is 0 Å². The Labute approximate surface area is 130 Å². The summed E-state index contributed by atoms with van der Waals surface area (Å²) in [6, 6.07) is 5.74. The highest BCUT2D eigenvalue weighted by molar-refractivity contribution is 6.42. The third kappa shape index (κ3) is 3.87. The fourth-order valence-electron chi connectivity index (χ4n) is 2.52. The summed E-state index contributed by atoms with van der Waals surface area (Å²) in [7, 11) is 0. The molecule has 0 aliphatic carbocycles. The first kappa shape index (κ1) is 15.6. The number of hydrogen-bond acceptors (Lipinski definition) is 2. The minimum absolute atomic E-state index is 0.122. The van der Waals surface area contributed by atoms with Gasteiger partial charge in [-0.25, -0.2) is 0 Å². The van der Waals surface area contributed by atoms with Gasteiger partial charge in [-0.15, -0.1) is 0 Å². The zero-order chi connectivity index (χ0) is 14.5. The van der Waals surface area contributed by atoms with E-state index in [4.69, 9.17) is 23.2 Å². The van der Waals surface area contributed by atoms with E-state index in [1.165, 1.54) is 0 Å². The molecule has 1 fully saturated rings.